The standard InChI is InChI=1S/C16H30N4O2S/c1-7-8-19-13(10-21)17-20(14(19)23)11-18(5)12-9-16(4,22-6)15(12,2)3/h12,21H,7-11H2,1-6H3. The van der Waals surface area contributed by atoms with Gasteiger partial charge in [-0.2, -0.15) is 5.10 Å². The van der Waals surface area contributed by atoms with Crippen LogP contribution in [0, 0.1) is 10.2 Å². The van der Waals surface area contributed by atoms with Gasteiger partial charge in [-0.3, -0.25) is 4.90 Å². The van der Waals surface area contributed by atoms with Crippen molar-refractivity contribution in [3.8, 4) is 0 Å². The van der Waals surface area contributed by atoms with E-state index in [2.05, 4.69) is 44.7 Å². The Balaban J connectivity index is 2.16. The second kappa shape index (κ2) is 6.63. The molecule has 1 fully saturated rings. The number of aromatic nitrogens is 3. The molecule has 0 saturated heterocycles. The highest BCUT2D eigenvalue weighted by molar-refractivity contribution is 7.71. The van der Waals surface area contributed by atoms with Crippen molar-refractivity contribution in [1.82, 2.24) is 19.2 Å². The summed E-state index contributed by atoms with van der Waals surface area (Å²) in [7, 11) is 3.88. The minimum atomic E-state index is -0.0920. The predicted molar refractivity (Wildman–Crippen MR) is 92.6 cm³/mol. The fraction of sp³-hybridized carbons (Fsp3) is 0.875. The first kappa shape index (κ1) is 18.6. The molecule has 0 aromatic carbocycles. The third kappa shape index (κ3) is 2.99. The van der Waals surface area contributed by atoms with Gasteiger partial charge < -0.3 is 14.4 Å². The van der Waals surface area contributed by atoms with Crippen LogP contribution in [0.1, 0.15) is 46.4 Å². The molecular weight excluding hydrogens is 312 g/mol. The van der Waals surface area contributed by atoms with Gasteiger partial charge in [-0.25, -0.2) is 4.68 Å². The Kier molecular flexibility index (Phi) is 5.35. The molecule has 2 atom stereocenters. The Morgan fingerprint density at radius 3 is 2.57 bits per heavy atom. The summed E-state index contributed by atoms with van der Waals surface area (Å²) in [5.74, 6) is 0.639. The van der Waals surface area contributed by atoms with E-state index in [0.29, 0.717) is 23.3 Å². The van der Waals surface area contributed by atoms with E-state index >= 15 is 0 Å². The van der Waals surface area contributed by atoms with E-state index in [1.165, 1.54) is 0 Å². The molecule has 1 N–H and O–H groups in total. The van der Waals surface area contributed by atoms with Crippen LogP contribution in [0.25, 0.3) is 0 Å². The minimum Gasteiger partial charge on any atom is -0.388 e. The van der Waals surface area contributed by atoms with Crippen LogP contribution in [-0.2, 0) is 24.6 Å². The molecule has 6 nitrogen and oxygen atoms in total. The Hall–Kier alpha value is -0.760. The molecule has 1 aliphatic rings. The van der Waals surface area contributed by atoms with Crippen LogP contribution >= 0.6 is 12.2 Å². The quantitative estimate of drug-likeness (QED) is 0.771. The summed E-state index contributed by atoms with van der Waals surface area (Å²) in [6, 6.07) is 0.406. The number of aliphatic hydroxyl groups is 1. The zero-order valence-corrected chi connectivity index (χ0v) is 16.0. The largest absolute Gasteiger partial charge is 0.388 e. The van der Waals surface area contributed by atoms with Gasteiger partial charge in [0.15, 0.2) is 10.6 Å². The molecule has 0 amide bonds. The summed E-state index contributed by atoms with van der Waals surface area (Å²) in [6.07, 6.45) is 1.95. The summed E-state index contributed by atoms with van der Waals surface area (Å²) in [6.45, 7) is 10.1. The molecule has 0 radical (unpaired) electrons. The highest BCUT2D eigenvalue weighted by atomic mass is 32.1. The van der Waals surface area contributed by atoms with Gasteiger partial charge in [0.1, 0.15) is 6.61 Å². The van der Waals surface area contributed by atoms with Gasteiger partial charge >= 0.3 is 0 Å². The van der Waals surface area contributed by atoms with Crippen molar-refractivity contribution in [2.24, 2.45) is 5.41 Å². The summed E-state index contributed by atoms with van der Waals surface area (Å²) in [4.78, 5) is 2.28. The molecule has 23 heavy (non-hydrogen) atoms. The first-order valence-electron chi connectivity index (χ1n) is 8.24. The van der Waals surface area contributed by atoms with E-state index in [-0.39, 0.29) is 17.6 Å². The van der Waals surface area contributed by atoms with Gasteiger partial charge in [-0.1, -0.05) is 20.8 Å². The first-order chi connectivity index (χ1) is 10.7. The van der Waals surface area contributed by atoms with E-state index in [9.17, 15) is 5.11 Å². The molecule has 1 aromatic heterocycles. The average Bonchev–Trinajstić information content (AvgIpc) is 2.81. The lowest BCUT2D eigenvalue weighted by Crippen LogP contribution is -2.68. The monoisotopic (exact) mass is 342 g/mol. The van der Waals surface area contributed by atoms with Crippen molar-refractivity contribution in [3.05, 3.63) is 10.6 Å². The van der Waals surface area contributed by atoms with E-state index in [0.717, 1.165) is 19.4 Å². The lowest BCUT2D eigenvalue weighted by molar-refractivity contribution is -0.209. The van der Waals surface area contributed by atoms with E-state index < -0.39 is 0 Å². The van der Waals surface area contributed by atoms with Gasteiger partial charge in [0.05, 0.1) is 12.3 Å². The fourth-order valence-corrected chi connectivity index (χ4v) is 3.91. The number of hydrogen-bond acceptors (Lipinski definition) is 5. The number of nitrogens with zero attached hydrogens (tertiary/aromatic N) is 4. The third-order valence-corrected chi connectivity index (χ3v) is 6.14. The SMILES string of the molecule is CCCn1c(CO)nn(CN(C)C2CC(C)(OC)C2(C)C)c1=S. The summed E-state index contributed by atoms with van der Waals surface area (Å²) < 4.78 is 10.1. The van der Waals surface area contributed by atoms with Crippen molar-refractivity contribution < 1.29 is 9.84 Å². The van der Waals surface area contributed by atoms with Gasteiger partial charge in [0.2, 0.25) is 0 Å². The Labute approximate surface area is 144 Å². The van der Waals surface area contributed by atoms with Crippen LogP contribution in [0.3, 0.4) is 0 Å². The van der Waals surface area contributed by atoms with Crippen LogP contribution in [0.4, 0.5) is 0 Å². The highest BCUT2D eigenvalue weighted by Gasteiger charge is 2.58. The smallest absolute Gasteiger partial charge is 0.199 e. The molecule has 1 heterocycles. The summed E-state index contributed by atoms with van der Waals surface area (Å²) in [5.41, 5.74) is -0.0321. The van der Waals surface area contributed by atoms with Gasteiger partial charge in [-0.05, 0) is 39.0 Å². The molecule has 1 saturated carbocycles. The van der Waals surface area contributed by atoms with Crippen LogP contribution in [0.5, 0.6) is 0 Å². The molecule has 0 aliphatic heterocycles. The van der Waals surface area contributed by atoms with Crippen LogP contribution in [0.2, 0.25) is 0 Å². The van der Waals surface area contributed by atoms with Crippen molar-refractivity contribution in [1.29, 1.82) is 0 Å². The van der Waals surface area contributed by atoms with Gasteiger partial charge in [0, 0.05) is 25.1 Å². The molecule has 0 bridgehead atoms. The lowest BCUT2D eigenvalue weighted by atomic mass is 9.55. The maximum absolute atomic E-state index is 9.49. The average molecular weight is 343 g/mol. The Morgan fingerprint density at radius 1 is 1.43 bits per heavy atom. The fourth-order valence-electron chi connectivity index (χ4n) is 3.61. The summed E-state index contributed by atoms with van der Waals surface area (Å²) >= 11 is 5.53. The number of methoxy groups -OCH3 is 1. The van der Waals surface area contributed by atoms with Crippen LogP contribution in [0.15, 0.2) is 0 Å². The number of ether oxygens (including phenoxy) is 1. The Bertz CT molecular complexity index is 610. The normalized spacial score (nSPS) is 26.5. The van der Waals surface area contributed by atoms with Gasteiger partial charge in [-0.15, -0.1) is 0 Å². The number of hydrogen-bond donors (Lipinski definition) is 1. The molecule has 2 rings (SSSR count). The van der Waals surface area contributed by atoms with E-state index in [4.69, 9.17) is 17.0 Å². The topological polar surface area (TPSA) is 55.5 Å². The van der Waals surface area contributed by atoms with E-state index in [1.807, 2.05) is 9.25 Å². The van der Waals surface area contributed by atoms with Gasteiger partial charge in [0.25, 0.3) is 0 Å². The zero-order chi connectivity index (χ0) is 17.4. The van der Waals surface area contributed by atoms with Crippen LogP contribution in [-0.4, -0.2) is 50.2 Å². The number of aliphatic hydroxyl groups excluding tert-OH is 1. The van der Waals surface area contributed by atoms with Crippen LogP contribution < -0.4 is 0 Å². The molecule has 1 aromatic rings. The number of rotatable bonds is 7. The minimum absolute atomic E-state index is 0.0600. The van der Waals surface area contributed by atoms with E-state index in [1.54, 1.807) is 7.11 Å². The maximum atomic E-state index is 9.49. The second-order valence-corrected chi connectivity index (χ2v) is 7.65. The molecule has 132 valence electrons. The molecule has 2 unspecified atom stereocenters. The molecule has 1 aliphatic carbocycles. The molecule has 0 spiro atoms. The third-order valence-electron chi connectivity index (χ3n) is 5.71. The molecule has 7 heteroatoms. The summed E-state index contributed by atoms with van der Waals surface area (Å²) in [5, 5.41) is 14.0. The maximum Gasteiger partial charge on any atom is 0.199 e. The van der Waals surface area contributed by atoms with Crippen molar-refractivity contribution in [2.75, 3.05) is 14.2 Å². The predicted octanol–water partition coefficient (Wildman–Crippen LogP) is 2.41. The van der Waals surface area contributed by atoms with Crippen molar-refractivity contribution >= 4 is 12.2 Å². The first-order valence-corrected chi connectivity index (χ1v) is 8.65. The zero-order valence-electron chi connectivity index (χ0n) is 15.2. The Morgan fingerprint density at radius 2 is 2.09 bits per heavy atom. The lowest BCUT2D eigenvalue weighted by Gasteiger charge is -2.61. The van der Waals surface area contributed by atoms with Crippen molar-refractivity contribution in [3.63, 3.8) is 0 Å². The van der Waals surface area contributed by atoms with Crippen molar-refractivity contribution in [2.45, 2.75) is 72.0 Å². The molecular formula is C16H30N4O2S. The second-order valence-electron chi connectivity index (χ2n) is 7.28. The highest BCUT2D eigenvalue weighted by Crippen LogP contribution is 2.53.